The number of fused-ring (bicyclic) bond motifs is 1. The highest BCUT2D eigenvalue weighted by Crippen LogP contribution is 2.33. The average molecular weight is 302 g/mol. The summed E-state index contributed by atoms with van der Waals surface area (Å²) in [5.41, 5.74) is 2.97. The molecule has 1 fully saturated rings. The average Bonchev–Trinajstić information content (AvgIpc) is 2.90. The Morgan fingerprint density at radius 2 is 2.00 bits per heavy atom. The number of aryl methyl sites for hydroxylation is 1. The van der Waals surface area contributed by atoms with E-state index in [1.54, 1.807) is 5.56 Å². The maximum Gasteiger partial charge on any atom is 0.0483 e. The van der Waals surface area contributed by atoms with E-state index < -0.39 is 0 Å². The van der Waals surface area contributed by atoms with Crippen molar-refractivity contribution in [2.75, 3.05) is 32.1 Å². The van der Waals surface area contributed by atoms with Crippen molar-refractivity contribution in [3.8, 4) is 0 Å². The first-order chi connectivity index (χ1) is 10.2. The smallest absolute Gasteiger partial charge is 0.0483 e. The topological polar surface area (TPSA) is 8.17 Å². The molecule has 0 bridgehead atoms. The van der Waals surface area contributed by atoms with Crippen molar-refractivity contribution in [1.82, 2.24) is 9.47 Å². The van der Waals surface area contributed by atoms with Crippen molar-refractivity contribution in [2.45, 2.75) is 31.7 Å². The Kier molecular flexibility index (Phi) is 4.91. The number of aromatic nitrogens is 1. The second-order valence-electron chi connectivity index (χ2n) is 6.37. The van der Waals surface area contributed by atoms with Crippen molar-refractivity contribution in [1.29, 1.82) is 0 Å². The Morgan fingerprint density at radius 1 is 1.19 bits per heavy atom. The summed E-state index contributed by atoms with van der Waals surface area (Å²) in [6.07, 6.45) is 6.15. The molecule has 114 valence electrons. The highest BCUT2D eigenvalue weighted by Gasteiger charge is 2.16. The second kappa shape index (κ2) is 6.89. The zero-order chi connectivity index (χ0) is 14.7. The molecule has 0 aliphatic carbocycles. The molecular formula is C18H26N2S. The lowest BCUT2D eigenvalue weighted by Gasteiger charge is -2.22. The molecule has 3 rings (SSSR count). The molecule has 0 spiro atoms. The van der Waals surface area contributed by atoms with Gasteiger partial charge in [-0.1, -0.05) is 12.1 Å². The van der Waals surface area contributed by atoms with Gasteiger partial charge < -0.3 is 9.47 Å². The van der Waals surface area contributed by atoms with Gasteiger partial charge in [0.2, 0.25) is 0 Å². The molecular weight excluding hydrogens is 276 g/mol. The molecule has 1 aromatic heterocycles. The quantitative estimate of drug-likeness (QED) is 0.818. The second-order valence-corrected chi connectivity index (χ2v) is 7.60. The number of thioether (sulfide) groups is 1. The van der Waals surface area contributed by atoms with Gasteiger partial charge in [0, 0.05) is 18.3 Å². The fourth-order valence-corrected chi connectivity index (χ4v) is 4.34. The van der Waals surface area contributed by atoms with Crippen LogP contribution >= 0.6 is 11.8 Å². The standard InChI is InChI=1S/C18H26N2S/c1-19(2)9-3-10-20-11-6-16-4-5-17(14-18(16)20)15-7-12-21-13-8-15/h4-6,11,14-15H,3,7-10,12-13H2,1-2H3. The van der Waals surface area contributed by atoms with E-state index in [4.69, 9.17) is 0 Å². The predicted octanol–water partition coefficient (Wildman–Crippen LogP) is 4.20. The summed E-state index contributed by atoms with van der Waals surface area (Å²) in [6.45, 7) is 2.27. The summed E-state index contributed by atoms with van der Waals surface area (Å²) in [5, 5.41) is 1.38. The zero-order valence-corrected chi connectivity index (χ0v) is 14.0. The molecule has 3 heteroatoms. The Morgan fingerprint density at radius 3 is 2.76 bits per heavy atom. The number of benzene rings is 1. The van der Waals surface area contributed by atoms with Crippen LogP contribution in [0, 0.1) is 0 Å². The van der Waals surface area contributed by atoms with Gasteiger partial charge in [0.05, 0.1) is 0 Å². The van der Waals surface area contributed by atoms with Crippen LogP contribution in [0.1, 0.15) is 30.7 Å². The van der Waals surface area contributed by atoms with Gasteiger partial charge in [-0.3, -0.25) is 0 Å². The van der Waals surface area contributed by atoms with E-state index in [-0.39, 0.29) is 0 Å². The van der Waals surface area contributed by atoms with Gasteiger partial charge >= 0.3 is 0 Å². The van der Waals surface area contributed by atoms with E-state index in [0.717, 1.165) is 19.0 Å². The maximum atomic E-state index is 2.45. The van der Waals surface area contributed by atoms with Gasteiger partial charge in [-0.25, -0.2) is 0 Å². The predicted molar refractivity (Wildman–Crippen MR) is 94.4 cm³/mol. The van der Waals surface area contributed by atoms with Crippen molar-refractivity contribution in [2.24, 2.45) is 0 Å². The molecule has 1 saturated heterocycles. The van der Waals surface area contributed by atoms with Crippen molar-refractivity contribution in [3.63, 3.8) is 0 Å². The molecule has 21 heavy (non-hydrogen) atoms. The van der Waals surface area contributed by atoms with Gasteiger partial charge in [0.25, 0.3) is 0 Å². The molecule has 1 aliphatic heterocycles. The molecule has 1 aliphatic rings. The molecule has 2 aromatic rings. The molecule has 0 atom stereocenters. The van der Waals surface area contributed by atoms with E-state index in [2.05, 4.69) is 65.8 Å². The molecule has 1 aromatic carbocycles. The first-order valence-electron chi connectivity index (χ1n) is 8.05. The van der Waals surface area contributed by atoms with Crippen molar-refractivity contribution < 1.29 is 0 Å². The van der Waals surface area contributed by atoms with Gasteiger partial charge in [0.15, 0.2) is 0 Å². The molecule has 2 heterocycles. The third kappa shape index (κ3) is 3.64. The van der Waals surface area contributed by atoms with E-state index >= 15 is 0 Å². The maximum absolute atomic E-state index is 2.45. The first kappa shape index (κ1) is 15.0. The zero-order valence-electron chi connectivity index (χ0n) is 13.2. The van der Waals surface area contributed by atoms with Crippen LogP contribution in [0.25, 0.3) is 10.9 Å². The van der Waals surface area contributed by atoms with Crippen molar-refractivity contribution >= 4 is 22.7 Å². The van der Waals surface area contributed by atoms with Crippen LogP contribution in [0.4, 0.5) is 0 Å². The molecule has 0 saturated carbocycles. The normalized spacial score (nSPS) is 16.9. The Labute approximate surface area is 132 Å². The summed E-state index contributed by atoms with van der Waals surface area (Å²) >= 11 is 2.11. The van der Waals surface area contributed by atoms with E-state index in [1.807, 2.05) is 0 Å². The SMILES string of the molecule is CN(C)CCCn1ccc2ccc(C3CCSCC3)cc21. The minimum absolute atomic E-state index is 0.778. The first-order valence-corrected chi connectivity index (χ1v) is 9.21. The summed E-state index contributed by atoms with van der Waals surface area (Å²) < 4.78 is 2.43. The Bertz CT molecular complexity index is 582. The number of hydrogen-bond acceptors (Lipinski definition) is 2. The number of hydrogen-bond donors (Lipinski definition) is 0. The van der Waals surface area contributed by atoms with Gasteiger partial charge in [-0.05, 0) is 80.4 Å². The Hall–Kier alpha value is -0.930. The van der Waals surface area contributed by atoms with Gasteiger partial charge in [-0.15, -0.1) is 0 Å². The van der Waals surface area contributed by atoms with Crippen molar-refractivity contribution in [3.05, 3.63) is 36.0 Å². The highest BCUT2D eigenvalue weighted by atomic mass is 32.2. The lowest BCUT2D eigenvalue weighted by atomic mass is 9.93. The monoisotopic (exact) mass is 302 g/mol. The van der Waals surface area contributed by atoms with Crippen LogP contribution < -0.4 is 0 Å². The van der Waals surface area contributed by atoms with E-state index in [0.29, 0.717) is 0 Å². The summed E-state index contributed by atoms with van der Waals surface area (Å²) in [6, 6.07) is 9.37. The Balaban J connectivity index is 1.78. The third-order valence-corrected chi connectivity index (χ3v) is 5.54. The fourth-order valence-electron chi connectivity index (χ4n) is 3.24. The molecule has 0 radical (unpaired) electrons. The van der Waals surface area contributed by atoms with Crippen LogP contribution in [-0.2, 0) is 6.54 Å². The van der Waals surface area contributed by atoms with Crippen LogP contribution in [0.15, 0.2) is 30.5 Å². The van der Waals surface area contributed by atoms with Crippen LogP contribution in [0.3, 0.4) is 0 Å². The van der Waals surface area contributed by atoms with E-state index in [1.165, 1.54) is 41.7 Å². The van der Waals surface area contributed by atoms with E-state index in [9.17, 15) is 0 Å². The minimum Gasteiger partial charge on any atom is -0.347 e. The molecule has 0 N–H and O–H groups in total. The van der Waals surface area contributed by atoms with Crippen LogP contribution in [0.2, 0.25) is 0 Å². The number of rotatable bonds is 5. The number of nitrogens with zero attached hydrogens (tertiary/aromatic N) is 2. The molecule has 0 unspecified atom stereocenters. The summed E-state index contributed by atoms with van der Waals surface area (Å²) in [7, 11) is 4.29. The summed E-state index contributed by atoms with van der Waals surface area (Å²) in [5.74, 6) is 3.43. The lowest BCUT2D eigenvalue weighted by molar-refractivity contribution is 0.388. The minimum atomic E-state index is 0.778. The van der Waals surface area contributed by atoms with Crippen LogP contribution in [0.5, 0.6) is 0 Å². The highest BCUT2D eigenvalue weighted by molar-refractivity contribution is 7.99. The third-order valence-electron chi connectivity index (χ3n) is 4.50. The van der Waals surface area contributed by atoms with Crippen LogP contribution in [-0.4, -0.2) is 41.6 Å². The van der Waals surface area contributed by atoms with Gasteiger partial charge in [-0.2, -0.15) is 11.8 Å². The fraction of sp³-hybridized carbons (Fsp3) is 0.556. The lowest BCUT2D eigenvalue weighted by Crippen LogP contribution is -2.14. The molecule has 2 nitrogen and oxygen atoms in total. The largest absolute Gasteiger partial charge is 0.347 e. The van der Waals surface area contributed by atoms with Gasteiger partial charge in [0.1, 0.15) is 0 Å². The summed E-state index contributed by atoms with van der Waals surface area (Å²) in [4.78, 5) is 2.26. The molecule has 0 amide bonds.